The molecule has 0 aliphatic carbocycles. The molecule has 5 nitrogen and oxygen atoms in total. The first kappa shape index (κ1) is 10.0. The van der Waals surface area contributed by atoms with Crippen LogP contribution in [0.3, 0.4) is 0 Å². The zero-order valence-corrected chi connectivity index (χ0v) is 8.73. The fraction of sp³-hybridized carbons (Fsp3) is 0.500. The Morgan fingerprint density at radius 2 is 1.93 bits per heavy atom. The van der Waals surface area contributed by atoms with Gasteiger partial charge in [0.05, 0.1) is 5.56 Å². The van der Waals surface area contributed by atoms with Crippen molar-refractivity contribution in [3.63, 3.8) is 0 Å². The van der Waals surface area contributed by atoms with E-state index in [2.05, 4.69) is 15.3 Å². The van der Waals surface area contributed by atoms with Gasteiger partial charge in [0.1, 0.15) is 5.82 Å². The van der Waals surface area contributed by atoms with Gasteiger partial charge < -0.3 is 10.2 Å². The molecular weight excluding hydrogens is 192 g/mol. The molecule has 1 aromatic heterocycles. The van der Waals surface area contributed by atoms with Crippen LogP contribution in [-0.4, -0.2) is 47.0 Å². The van der Waals surface area contributed by atoms with Gasteiger partial charge in [-0.3, -0.25) is 4.79 Å². The predicted octanol–water partition coefficient (Wildman–Crippen LogP) is -0.170. The van der Waals surface area contributed by atoms with Crippen LogP contribution in [0.4, 0.5) is 0 Å². The van der Waals surface area contributed by atoms with E-state index in [1.54, 1.807) is 19.3 Å². The fourth-order valence-electron chi connectivity index (χ4n) is 1.55. The second-order valence-electron chi connectivity index (χ2n) is 3.56. The number of carbonyl (C=O) groups excluding carboxylic acids is 1. The van der Waals surface area contributed by atoms with E-state index in [1.165, 1.54) is 0 Å². The lowest BCUT2D eigenvalue weighted by molar-refractivity contribution is 0.0735. The number of nitrogens with one attached hydrogen (secondary N) is 1. The molecule has 0 atom stereocenters. The molecule has 1 aliphatic rings. The fourth-order valence-corrected chi connectivity index (χ4v) is 1.55. The smallest absolute Gasteiger partial charge is 0.257 e. The molecule has 1 fully saturated rings. The predicted molar refractivity (Wildman–Crippen MR) is 55.5 cm³/mol. The molecule has 1 amide bonds. The van der Waals surface area contributed by atoms with Crippen molar-refractivity contribution in [1.82, 2.24) is 20.2 Å². The molecule has 5 heteroatoms. The maximum Gasteiger partial charge on any atom is 0.257 e. The van der Waals surface area contributed by atoms with E-state index in [0.29, 0.717) is 11.4 Å². The first-order valence-corrected chi connectivity index (χ1v) is 5.06. The molecule has 2 rings (SSSR count). The average Bonchev–Trinajstić information content (AvgIpc) is 2.30. The minimum absolute atomic E-state index is 0.0245. The number of rotatable bonds is 1. The Morgan fingerprint density at radius 3 is 2.53 bits per heavy atom. The Labute approximate surface area is 88.5 Å². The van der Waals surface area contributed by atoms with Crippen molar-refractivity contribution >= 4 is 5.91 Å². The van der Waals surface area contributed by atoms with Crippen LogP contribution in [0.5, 0.6) is 0 Å². The number of nitrogens with zero attached hydrogens (tertiary/aromatic N) is 3. The van der Waals surface area contributed by atoms with Gasteiger partial charge in [-0.25, -0.2) is 9.97 Å². The third kappa shape index (κ3) is 2.30. The third-order valence-electron chi connectivity index (χ3n) is 2.43. The molecule has 80 valence electrons. The van der Waals surface area contributed by atoms with Gasteiger partial charge in [-0.05, 0) is 6.92 Å². The monoisotopic (exact) mass is 206 g/mol. The number of hydrogen-bond acceptors (Lipinski definition) is 4. The highest BCUT2D eigenvalue weighted by molar-refractivity contribution is 5.93. The van der Waals surface area contributed by atoms with Gasteiger partial charge in [-0.15, -0.1) is 0 Å². The highest BCUT2D eigenvalue weighted by atomic mass is 16.2. The van der Waals surface area contributed by atoms with E-state index in [-0.39, 0.29) is 5.91 Å². The Morgan fingerprint density at radius 1 is 1.33 bits per heavy atom. The first-order chi connectivity index (χ1) is 7.27. The molecular formula is C10H14N4O. The summed E-state index contributed by atoms with van der Waals surface area (Å²) in [7, 11) is 0. The van der Waals surface area contributed by atoms with E-state index >= 15 is 0 Å². The summed E-state index contributed by atoms with van der Waals surface area (Å²) in [5.74, 6) is 0.711. The van der Waals surface area contributed by atoms with Crippen LogP contribution < -0.4 is 5.32 Å². The van der Waals surface area contributed by atoms with Gasteiger partial charge in [0.15, 0.2) is 0 Å². The van der Waals surface area contributed by atoms with E-state index in [9.17, 15) is 4.79 Å². The highest BCUT2D eigenvalue weighted by Crippen LogP contribution is 2.03. The second-order valence-corrected chi connectivity index (χ2v) is 3.56. The van der Waals surface area contributed by atoms with Crippen LogP contribution >= 0.6 is 0 Å². The van der Waals surface area contributed by atoms with Crippen LogP contribution in [0.1, 0.15) is 16.2 Å². The number of piperazine rings is 1. The summed E-state index contributed by atoms with van der Waals surface area (Å²) < 4.78 is 0. The summed E-state index contributed by atoms with van der Waals surface area (Å²) in [4.78, 5) is 21.8. The summed E-state index contributed by atoms with van der Waals surface area (Å²) >= 11 is 0. The molecule has 0 saturated carbocycles. The third-order valence-corrected chi connectivity index (χ3v) is 2.43. The molecule has 0 radical (unpaired) electrons. The molecule has 0 spiro atoms. The van der Waals surface area contributed by atoms with Crippen LogP contribution in [0.25, 0.3) is 0 Å². The standard InChI is InChI=1S/C10H14N4O/c1-8-12-6-9(7-13-8)10(15)14-4-2-11-3-5-14/h6-7,11H,2-5H2,1H3. The molecule has 1 saturated heterocycles. The average molecular weight is 206 g/mol. The van der Waals surface area contributed by atoms with Gasteiger partial charge in [0, 0.05) is 38.6 Å². The van der Waals surface area contributed by atoms with Crippen molar-refractivity contribution in [2.75, 3.05) is 26.2 Å². The summed E-state index contributed by atoms with van der Waals surface area (Å²) in [6.45, 7) is 5.04. The second kappa shape index (κ2) is 4.35. The van der Waals surface area contributed by atoms with Gasteiger partial charge >= 0.3 is 0 Å². The molecule has 0 unspecified atom stereocenters. The van der Waals surface area contributed by atoms with E-state index in [1.807, 2.05) is 4.90 Å². The van der Waals surface area contributed by atoms with E-state index in [4.69, 9.17) is 0 Å². The van der Waals surface area contributed by atoms with Crippen LogP contribution in [-0.2, 0) is 0 Å². The molecule has 15 heavy (non-hydrogen) atoms. The van der Waals surface area contributed by atoms with Crippen molar-refractivity contribution in [3.05, 3.63) is 23.8 Å². The number of amides is 1. The lowest BCUT2D eigenvalue weighted by atomic mass is 10.2. The number of aromatic nitrogens is 2. The number of hydrogen-bond donors (Lipinski definition) is 1. The minimum atomic E-state index is 0.0245. The van der Waals surface area contributed by atoms with Gasteiger partial charge in [0.2, 0.25) is 0 Å². The molecule has 1 aromatic rings. The summed E-state index contributed by atoms with van der Waals surface area (Å²) in [5.41, 5.74) is 0.572. The lowest BCUT2D eigenvalue weighted by Crippen LogP contribution is -2.46. The van der Waals surface area contributed by atoms with Gasteiger partial charge in [-0.2, -0.15) is 0 Å². The van der Waals surface area contributed by atoms with Gasteiger partial charge in [-0.1, -0.05) is 0 Å². The van der Waals surface area contributed by atoms with Crippen LogP contribution in [0.15, 0.2) is 12.4 Å². The Balaban J connectivity index is 2.09. The Bertz CT molecular complexity index is 343. The summed E-state index contributed by atoms with van der Waals surface area (Å²) in [6.07, 6.45) is 3.18. The Kier molecular flexibility index (Phi) is 2.91. The summed E-state index contributed by atoms with van der Waals surface area (Å²) in [5, 5.41) is 3.21. The Hall–Kier alpha value is -1.49. The topological polar surface area (TPSA) is 58.1 Å². The zero-order chi connectivity index (χ0) is 10.7. The van der Waals surface area contributed by atoms with Crippen molar-refractivity contribution in [1.29, 1.82) is 0 Å². The lowest BCUT2D eigenvalue weighted by Gasteiger charge is -2.27. The van der Waals surface area contributed by atoms with Crippen molar-refractivity contribution in [3.8, 4) is 0 Å². The maximum absolute atomic E-state index is 11.9. The van der Waals surface area contributed by atoms with Crippen molar-refractivity contribution < 1.29 is 4.79 Å². The molecule has 1 aliphatic heterocycles. The van der Waals surface area contributed by atoms with E-state index < -0.39 is 0 Å². The maximum atomic E-state index is 11.9. The molecule has 1 N–H and O–H groups in total. The highest BCUT2D eigenvalue weighted by Gasteiger charge is 2.17. The number of aryl methyl sites for hydroxylation is 1. The first-order valence-electron chi connectivity index (χ1n) is 5.06. The van der Waals surface area contributed by atoms with E-state index in [0.717, 1.165) is 26.2 Å². The largest absolute Gasteiger partial charge is 0.336 e. The SMILES string of the molecule is Cc1ncc(C(=O)N2CCNCC2)cn1. The minimum Gasteiger partial charge on any atom is -0.336 e. The summed E-state index contributed by atoms with van der Waals surface area (Å²) in [6, 6.07) is 0. The number of carbonyl (C=O) groups is 1. The van der Waals surface area contributed by atoms with Crippen LogP contribution in [0.2, 0.25) is 0 Å². The molecule has 0 bridgehead atoms. The normalized spacial score (nSPS) is 16.5. The van der Waals surface area contributed by atoms with Crippen molar-refractivity contribution in [2.45, 2.75) is 6.92 Å². The molecule has 2 heterocycles. The molecule has 0 aromatic carbocycles. The quantitative estimate of drug-likeness (QED) is 0.693. The van der Waals surface area contributed by atoms with Crippen molar-refractivity contribution in [2.24, 2.45) is 0 Å². The van der Waals surface area contributed by atoms with Crippen LogP contribution in [0, 0.1) is 6.92 Å². The van der Waals surface area contributed by atoms with Gasteiger partial charge in [0.25, 0.3) is 5.91 Å². The zero-order valence-electron chi connectivity index (χ0n) is 8.73.